The minimum atomic E-state index is -0.851. The standard InChI is InChI=1S/C15H18N2O3S/c1-9-7-10(20-4)5-6-11(9)14-12(8-13(18)19)21-15(16-14)17(2)3/h5-7H,8H2,1-4H3,(H,18,19). The second kappa shape index (κ2) is 6.13. The highest BCUT2D eigenvalue weighted by Crippen LogP contribution is 2.35. The number of carboxylic acids is 1. The summed E-state index contributed by atoms with van der Waals surface area (Å²) in [5.74, 6) is -0.0736. The van der Waals surface area contributed by atoms with Crippen molar-refractivity contribution in [2.24, 2.45) is 0 Å². The smallest absolute Gasteiger partial charge is 0.308 e. The van der Waals surface area contributed by atoms with Gasteiger partial charge in [-0.25, -0.2) is 4.98 Å². The topological polar surface area (TPSA) is 62.7 Å². The number of rotatable bonds is 5. The summed E-state index contributed by atoms with van der Waals surface area (Å²) < 4.78 is 5.20. The predicted molar refractivity (Wildman–Crippen MR) is 84.5 cm³/mol. The normalized spacial score (nSPS) is 10.5. The molecule has 0 aliphatic rings. The Morgan fingerprint density at radius 3 is 2.67 bits per heavy atom. The van der Waals surface area contributed by atoms with Crippen LogP contribution >= 0.6 is 11.3 Å². The molecule has 6 heteroatoms. The number of carboxylic acid groups (broad SMARTS) is 1. The number of ether oxygens (including phenoxy) is 1. The van der Waals surface area contributed by atoms with Gasteiger partial charge in [-0.1, -0.05) is 0 Å². The largest absolute Gasteiger partial charge is 0.497 e. The number of aromatic nitrogens is 1. The van der Waals surface area contributed by atoms with Gasteiger partial charge in [0.15, 0.2) is 5.13 Å². The molecule has 0 amide bonds. The average Bonchev–Trinajstić information content (AvgIpc) is 2.81. The molecule has 0 spiro atoms. The van der Waals surface area contributed by atoms with Crippen LogP contribution in [0.4, 0.5) is 5.13 Å². The van der Waals surface area contributed by atoms with Crippen molar-refractivity contribution >= 4 is 22.4 Å². The number of benzene rings is 1. The van der Waals surface area contributed by atoms with Gasteiger partial charge < -0.3 is 14.7 Å². The number of aryl methyl sites for hydroxylation is 1. The van der Waals surface area contributed by atoms with Crippen molar-refractivity contribution in [2.45, 2.75) is 13.3 Å². The highest BCUT2D eigenvalue weighted by atomic mass is 32.1. The van der Waals surface area contributed by atoms with Crippen molar-refractivity contribution < 1.29 is 14.6 Å². The van der Waals surface area contributed by atoms with Gasteiger partial charge in [0, 0.05) is 24.5 Å². The third-order valence-corrected chi connectivity index (χ3v) is 4.29. The number of methoxy groups -OCH3 is 1. The fourth-order valence-electron chi connectivity index (χ4n) is 2.03. The van der Waals surface area contributed by atoms with Crippen molar-refractivity contribution in [2.75, 3.05) is 26.1 Å². The zero-order valence-corrected chi connectivity index (χ0v) is 13.3. The monoisotopic (exact) mass is 306 g/mol. The van der Waals surface area contributed by atoms with Crippen LogP contribution in [0.2, 0.25) is 0 Å². The Kier molecular flexibility index (Phi) is 4.47. The number of aliphatic carboxylic acids is 1. The summed E-state index contributed by atoms with van der Waals surface area (Å²) in [7, 11) is 5.42. The van der Waals surface area contributed by atoms with Crippen molar-refractivity contribution in [3.63, 3.8) is 0 Å². The van der Waals surface area contributed by atoms with E-state index in [1.54, 1.807) is 7.11 Å². The molecule has 0 radical (unpaired) electrons. The van der Waals surface area contributed by atoms with Crippen LogP contribution in [-0.2, 0) is 11.2 Å². The summed E-state index contributed by atoms with van der Waals surface area (Å²) in [5, 5.41) is 9.89. The summed E-state index contributed by atoms with van der Waals surface area (Å²) >= 11 is 1.41. The molecule has 0 bridgehead atoms. The average molecular weight is 306 g/mol. The van der Waals surface area contributed by atoms with Crippen LogP contribution < -0.4 is 9.64 Å². The fraction of sp³-hybridized carbons (Fsp3) is 0.333. The molecule has 0 saturated heterocycles. The molecule has 1 heterocycles. The maximum absolute atomic E-state index is 11.1. The van der Waals surface area contributed by atoms with E-state index in [1.165, 1.54) is 11.3 Å². The maximum Gasteiger partial charge on any atom is 0.308 e. The van der Waals surface area contributed by atoms with Crippen molar-refractivity contribution in [3.05, 3.63) is 28.6 Å². The molecular formula is C15H18N2O3S. The molecule has 0 aliphatic carbocycles. The lowest BCUT2D eigenvalue weighted by Crippen LogP contribution is -2.07. The summed E-state index contributed by atoms with van der Waals surface area (Å²) in [6.45, 7) is 1.97. The molecule has 2 rings (SSSR count). The molecule has 0 atom stereocenters. The molecule has 1 aromatic heterocycles. The predicted octanol–water partition coefficient (Wildman–Crippen LogP) is 2.82. The van der Waals surface area contributed by atoms with Crippen LogP contribution in [0, 0.1) is 6.92 Å². The number of nitrogens with zero attached hydrogens (tertiary/aromatic N) is 2. The van der Waals surface area contributed by atoms with Gasteiger partial charge in [-0.15, -0.1) is 11.3 Å². The Bertz CT molecular complexity index is 665. The van der Waals surface area contributed by atoms with E-state index in [-0.39, 0.29) is 6.42 Å². The molecule has 0 aliphatic heterocycles. The summed E-state index contributed by atoms with van der Waals surface area (Å²) in [6, 6.07) is 5.71. The number of hydrogen-bond donors (Lipinski definition) is 1. The van der Waals surface area contributed by atoms with E-state index in [0.29, 0.717) is 0 Å². The first-order valence-corrected chi connectivity index (χ1v) is 7.28. The molecule has 2 aromatic rings. The second-order valence-electron chi connectivity index (χ2n) is 4.91. The quantitative estimate of drug-likeness (QED) is 0.920. The van der Waals surface area contributed by atoms with Crippen molar-refractivity contribution in [1.29, 1.82) is 0 Å². The molecule has 1 aromatic carbocycles. The number of hydrogen-bond acceptors (Lipinski definition) is 5. The zero-order chi connectivity index (χ0) is 15.6. The van der Waals surface area contributed by atoms with Crippen LogP contribution in [0.1, 0.15) is 10.4 Å². The highest BCUT2D eigenvalue weighted by Gasteiger charge is 2.18. The molecule has 21 heavy (non-hydrogen) atoms. The van der Waals surface area contributed by atoms with Crippen molar-refractivity contribution in [1.82, 2.24) is 4.98 Å². The number of carbonyl (C=O) groups is 1. The number of thiazole rings is 1. The lowest BCUT2D eigenvalue weighted by molar-refractivity contribution is -0.136. The lowest BCUT2D eigenvalue weighted by Gasteiger charge is -2.08. The van der Waals surface area contributed by atoms with Gasteiger partial charge in [-0.2, -0.15) is 0 Å². The molecule has 0 saturated carbocycles. The van der Waals surface area contributed by atoms with E-state index in [9.17, 15) is 4.79 Å². The number of anilines is 1. The van der Waals surface area contributed by atoms with Crippen LogP contribution in [0.25, 0.3) is 11.3 Å². The second-order valence-corrected chi connectivity index (χ2v) is 5.98. The maximum atomic E-state index is 11.1. The van der Waals surface area contributed by atoms with Crippen LogP contribution in [0.3, 0.4) is 0 Å². The van der Waals surface area contributed by atoms with Gasteiger partial charge in [0.1, 0.15) is 5.75 Å². The molecule has 1 N–H and O–H groups in total. The van der Waals surface area contributed by atoms with Gasteiger partial charge in [0.2, 0.25) is 0 Å². The Balaban J connectivity index is 2.53. The molecule has 0 fully saturated rings. The summed E-state index contributed by atoms with van der Waals surface area (Å²) in [6.07, 6.45) is -0.0215. The van der Waals surface area contributed by atoms with Gasteiger partial charge in [-0.05, 0) is 30.7 Å². The van der Waals surface area contributed by atoms with E-state index in [1.807, 2.05) is 44.1 Å². The Morgan fingerprint density at radius 2 is 2.14 bits per heavy atom. The fourth-order valence-corrected chi connectivity index (χ4v) is 3.01. The van der Waals surface area contributed by atoms with Crippen LogP contribution in [-0.4, -0.2) is 37.3 Å². The molecule has 5 nitrogen and oxygen atoms in total. The Labute approximate surface area is 127 Å². The first-order chi connectivity index (χ1) is 9.92. The third kappa shape index (κ3) is 3.33. The van der Waals surface area contributed by atoms with E-state index in [0.717, 1.165) is 32.6 Å². The summed E-state index contributed by atoms with van der Waals surface area (Å²) in [5.41, 5.74) is 2.69. The minimum Gasteiger partial charge on any atom is -0.497 e. The SMILES string of the molecule is COc1ccc(-c2nc(N(C)C)sc2CC(=O)O)c(C)c1. The third-order valence-electron chi connectivity index (χ3n) is 3.07. The molecule has 0 unspecified atom stereocenters. The first-order valence-electron chi connectivity index (χ1n) is 6.46. The Morgan fingerprint density at radius 1 is 1.43 bits per heavy atom. The minimum absolute atomic E-state index is 0.0215. The van der Waals surface area contributed by atoms with Gasteiger partial charge in [0.05, 0.1) is 19.2 Å². The first kappa shape index (κ1) is 15.3. The van der Waals surface area contributed by atoms with E-state index in [2.05, 4.69) is 4.98 Å². The molecule has 112 valence electrons. The van der Waals surface area contributed by atoms with Gasteiger partial charge >= 0.3 is 5.97 Å². The highest BCUT2D eigenvalue weighted by molar-refractivity contribution is 7.16. The van der Waals surface area contributed by atoms with E-state index >= 15 is 0 Å². The van der Waals surface area contributed by atoms with E-state index < -0.39 is 5.97 Å². The molecular weight excluding hydrogens is 288 g/mol. The van der Waals surface area contributed by atoms with Crippen molar-refractivity contribution in [3.8, 4) is 17.0 Å². The zero-order valence-electron chi connectivity index (χ0n) is 12.5. The Hall–Kier alpha value is -2.08. The van der Waals surface area contributed by atoms with Gasteiger partial charge in [-0.3, -0.25) is 4.79 Å². The summed E-state index contributed by atoms with van der Waals surface area (Å²) in [4.78, 5) is 18.3. The van der Waals surface area contributed by atoms with Crippen LogP contribution in [0.5, 0.6) is 5.75 Å². The van der Waals surface area contributed by atoms with Crippen LogP contribution in [0.15, 0.2) is 18.2 Å². The van der Waals surface area contributed by atoms with Gasteiger partial charge in [0.25, 0.3) is 0 Å². The lowest BCUT2D eigenvalue weighted by atomic mass is 10.0. The van der Waals surface area contributed by atoms with E-state index in [4.69, 9.17) is 9.84 Å².